The number of halogens is 3. The number of rotatable bonds is 5. The lowest BCUT2D eigenvalue weighted by molar-refractivity contribution is -0.144. The molecule has 2 fully saturated rings. The smallest absolute Gasteiger partial charge is 0.267 e. The van der Waals surface area contributed by atoms with Crippen LogP contribution in [-0.2, 0) is 9.59 Å². The highest BCUT2D eigenvalue weighted by Gasteiger charge is 2.45. The molecule has 3 rings (SSSR count). The fraction of sp³-hybridized carbons (Fsp3) is 0.636. The molecule has 1 saturated heterocycles. The zero-order chi connectivity index (χ0) is 22.1. The molecule has 1 aromatic carbocycles. The fourth-order valence-electron chi connectivity index (χ4n) is 4.78. The summed E-state index contributed by atoms with van der Waals surface area (Å²) in [5, 5.41) is 0. The quantitative estimate of drug-likeness (QED) is 0.789. The van der Waals surface area contributed by atoms with Gasteiger partial charge in [-0.15, -0.1) is 0 Å². The molecule has 2 N–H and O–H groups in total. The monoisotopic (exact) mass is 425 g/mol. The average molecular weight is 425 g/mol. The number of hydrogen-bond donors (Lipinski definition) is 1. The molecule has 0 radical (unpaired) electrons. The van der Waals surface area contributed by atoms with Gasteiger partial charge in [-0.3, -0.25) is 9.59 Å². The van der Waals surface area contributed by atoms with Crippen molar-refractivity contribution >= 4 is 11.8 Å². The van der Waals surface area contributed by atoms with Crippen LogP contribution >= 0.6 is 0 Å². The Kier molecular flexibility index (Phi) is 6.75. The first-order valence-electron chi connectivity index (χ1n) is 10.5. The second kappa shape index (κ2) is 8.96. The van der Waals surface area contributed by atoms with Crippen molar-refractivity contribution in [2.45, 2.75) is 50.0 Å². The van der Waals surface area contributed by atoms with E-state index in [-0.39, 0.29) is 36.5 Å². The molecule has 0 spiro atoms. The van der Waals surface area contributed by atoms with E-state index in [0.29, 0.717) is 12.8 Å². The zero-order valence-electron chi connectivity index (χ0n) is 17.5. The summed E-state index contributed by atoms with van der Waals surface area (Å²) >= 11 is 0. The van der Waals surface area contributed by atoms with Gasteiger partial charge in [0.05, 0.1) is 18.5 Å². The van der Waals surface area contributed by atoms with E-state index in [4.69, 9.17) is 5.73 Å². The Morgan fingerprint density at radius 1 is 1.13 bits per heavy atom. The third-order valence-corrected chi connectivity index (χ3v) is 6.50. The molecule has 166 valence electrons. The molecule has 0 bridgehead atoms. The third-order valence-electron chi connectivity index (χ3n) is 6.50. The maximum atomic E-state index is 13.6. The summed E-state index contributed by atoms with van der Waals surface area (Å²) in [5.74, 6) is -4.57. The van der Waals surface area contributed by atoms with Gasteiger partial charge in [0.1, 0.15) is 5.82 Å². The van der Waals surface area contributed by atoms with Crippen LogP contribution in [0.15, 0.2) is 24.3 Å². The van der Waals surface area contributed by atoms with Crippen LogP contribution in [0.2, 0.25) is 0 Å². The minimum absolute atomic E-state index is 0.0419. The van der Waals surface area contributed by atoms with Gasteiger partial charge in [-0.05, 0) is 55.2 Å². The Hall–Kier alpha value is -2.09. The summed E-state index contributed by atoms with van der Waals surface area (Å²) in [7, 11) is 3.22. The second-order valence-electron chi connectivity index (χ2n) is 8.81. The molecule has 5 nitrogen and oxygen atoms in total. The molecule has 0 aromatic heterocycles. The molecule has 2 atom stereocenters. The van der Waals surface area contributed by atoms with Gasteiger partial charge in [0.2, 0.25) is 11.8 Å². The predicted molar refractivity (Wildman–Crippen MR) is 107 cm³/mol. The molecule has 1 heterocycles. The van der Waals surface area contributed by atoms with Crippen LogP contribution in [0.25, 0.3) is 0 Å². The number of benzene rings is 1. The van der Waals surface area contributed by atoms with E-state index >= 15 is 0 Å². The minimum Gasteiger partial charge on any atom is -0.349 e. The van der Waals surface area contributed by atoms with E-state index in [9.17, 15) is 22.8 Å². The van der Waals surface area contributed by atoms with Crippen LogP contribution in [0.4, 0.5) is 13.2 Å². The van der Waals surface area contributed by atoms with Gasteiger partial charge in [-0.25, -0.2) is 13.2 Å². The minimum atomic E-state index is -2.90. The Labute approximate surface area is 175 Å². The van der Waals surface area contributed by atoms with E-state index in [1.165, 1.54) is 17.0 Å². The van der Waals surface area contributed by atoms with Crippen molar-refractivity contribution in [3.8, 4) is 0 Å². The van der Waals surface area contributed by atoms with Gasteiger partial charge >= 0.3 is 0 Å². The highest BCUT2D eigenvalue weighted by Crippen LogP contribution is 2.40. The van der Waals surface area contributed by atoms with Crippen molar-refractivity contribution in [3.63, 3.8) is 0 Å². The molecule has 1 aliphatic heterocycles. The lowest BCUT2D eigenvalue weighted by Crippen LogP contribution is -2.54. The summed E-state index contributed by atoms with van der Waals surface area (Å²) in [4.78, 5) is 28.2. The Morgan fingerprint density at radius 2 is 1.73 bits per heavy atom. The average Bonchev–Trinajstić information content (AvgIpc) is 3.08. The molecule has 1 aromatic rings. The van der Waals surface area contributed by atoms with Crippen LogP contribution in [-0.4, -0.2) is 60.8 Å². The highest BCUT2D eigenvalue weighted by molar-refractivity contribution is 5.90. The lowest BCUT2D eigenvalue weighted by atomic mass is 9.71. The van der Waals surface area contributed by atoms with Crippen molar-refractivity contribution in [1.82, 2.24) is 9.80 Å². The van der Waals surface area contributed by atoms with Gasteiger partial charge in [-0.1, -0.05) is 12.1 Å². The molecule has 2 amide bonds. The molecule has 2 aliphatic rings. The first-order valence-corrected chi connectivity index (χ1v) is 10.5. The van der Waals surface area contributed by atoms with Gasteiger partial charge in [0, 0.05) is 27.1 Å². The molecular formula is C22H30F3N3O2. The summed E-state index contributed by atoms with van der Waals surface area (Å²) in [6.45, 7) is -0.681. The fourth-order valence-corrected chi connectivity index (χ4v) is 4.78. The van der Waals surface area contributed by atoms with Crippen LogP contribution in [0, 0.1) is 17.7 Å². The standard InChI is InChI=1S/C22H30F3N3O2/c1-27(2)20(29)18(19(26)21(30)28-12-11-22(24,25)13-28)16-5-3-14(4-6-16)15-7-9-17(23)10-8-15/h7-10,14,16,18-19H,3-6,11-13,26H2,1-2H3/t14?,16?,18-,19?/m0/s1. The summed E-state index contributed by atoms with van der Waals surface area (Å²) in [5.41, 5.74) is 7.30. The molecule has 30 heavy (non-hydrogen) atoms. The maximum Gasteiger partial charge on any atom is 0.267 e. The van der Waals surface area contributed by atoms with E-state index < -0.39 is 30.3 Å². The Morgan fingerprint density at radius 3 is 2.23 bits per heavy atom. The first-order chi connectivity index (χ1) is 14.1. The lowest BCUT2D eigenvalue weighted by Gasteiger charge is -2.37. The highest BCUT2D eigenvalue weighted by atomic mass is 19.3. The number of amides is 2. The summed E-state index contributed by atoms with van der Waals surface area (Å²) in [6, 6.07) is 5.32. The van der Waals surface area contributed by atoms with Crippen LogP contribution in [0.5, 0.6) is 0 Å². The van der Waals surface area contributed by atoms with Crippen molar-refractivity contribution in [3.05, 3.63) is 35.6 Å². The van der Waals surface area contributed by atoms with E-state index in [0.717, 1.165) is 23.3 Å². The van der Waals surface area contributed by atoms with Crippen molar-refractivity contribution in [2.75, 3.05) is 27.2 Å². The molecule has 1 saturated carbocycles. The number of likely N-dealkylation sites (tertiary alicyclic amines) is 1. The van der Waals surface area contributed by atoms with Crippen LogP contribution < -0.4 is 5.73 Å². The normalized spacial score (nSPS) is 25.6. The predicted octanol–water partition coefficient (Wildman–Crippen LogP) is 3.00. The van der Waals surface area contributed by atoms with Gasteiger partial charge in [0.25, 0.3) is 5.92 Å². The topological polar surface area (TPSA) is 66.6 Å². The Bertz CT molecular complexity index is 761. The molecule has 1 aliphatic carbocycles. The third kappa shape index (κ3) is 4.96. The van der Waals surface area contributed by atoms with Crippen LogP contribution in [0.3, 0.4) is 0 Å². The first kappa shape index (κ1) is 22.6. The largest absolute Gasteiger partial charge is 0.349 e. The maximum absolute atomic E-state index is 13.6. The zero-order valence-corrected chi connectivity index (χ0v) is 17.5. The Balaban J connectivity index is 1.70. The SMILES string of the molecule is CN(C)C(=O)[C@@H](C1CCC(c2ccc(F)cc2)CC1)C(N)C(=O)N1CCC(F)(F)C1. The number of carbonyl (C=O) groups excluding carboxylic acids is 2. The van der Waals surface area contributed by atoms with E-state index in [1.807, 2.05) is 0 Å². The molecular weight excluding hydrogens is 395 g/mol. The van der Waals surface area contributed by atoms with E-state index in [2.05, 4.69) is 0 Å². The molecule has 8 heteroatoms. The number of carbonyl (C=O) groups is 2. The van der Waals surface area contributed by atoms with Crippen LogP contribution in [0.1, 0.15) is 43.6 Å². The van der Waals surface area contributed by atoms with Crippen molar-refractivity contribution < 1.29 is 22.8 Å². The van der Waals surface area contributed by atoms with Crippen molar-refractivity contribution in [2.24, 2.45) is 17.6 Å². The number of nitrogens with two attached hydrogens (primary N) is 1. The van der Waals surface area contributed by atoms with Gasteiger partial charge in [-0.2, -0.15) is 0 Å². The summed E-state index contributed by atoms with van der Waals surface area (Å²) in [6.07, 6.45) is 2.62. The number of alkyl halides is 2. The van der Waals surface area contributed by atoms with Crippen molar-refractivity contribution in [1.29, 1.82) is 0 Å². The van der Waals surface area contributed by atoms with Gasteiger partial charge in [0.15, 0.2) is 0 Å². The van der Waals surface area contributed by atoms with E-state index in [1.54, 1.807) is 26.2 Å². The molecule has 1 unspecified atom stereocenters. The number of hydrogen-bond acceptors (Lipinski definition) is 3. The summed E-state index contributed by atoms with van der Waals surface area (Å²) < 4.78 is 40.3. The second-order valence-corrected chi connectivity index (χ2v) is 8.81. The number of nitrogens with zero attached hydrogens (tertiary/aromatic N) is 2. The van der Waals surface area contributed by atoms with Gasteiger partial charge < -0.3 is 15.5 Å².